The number of aliphatic hydroxyl groups is 1. The van der Waals surface area contributed by atoms with Crippen molar-refractivity contribution in [3.63, 3.8) is 0 Å². The zero-order valence-electron chi connectivity index (χ0n) is 6.37. The maximum Gasteiger partial charge on any atom is 0.337 e. The van der Waals surface area contributed by atoms with Gasteiger partial charge in [0.25, 0.3) is 0 Å². The van der Waals surface area contributed by atoms with Crippen molar-refractivity contribution < 1.29 is 23.8 Å². The Labute approximate surface area is 72.2 Å². The van der Waals surface area contributed by atoms with Gasteiger partial charge in [-0.15, -0.1) is 0 Å². The van der Waals surface area contributed by atoms with Crippen LogP contribution in [0.15, 0.2) is 18.2 Å². The van der Waals surface area contributed by atoms with Gasteiger partial charge in [0.05, 0.1) is 0 Å². The number of aliphatic carboxylic acids is 1. The van der Waals surface area contributed by atoms with Crippen LogP contribution in [-0.2, 0) is 4.79 Å². The minimum atomic E-state index is -2.03. The molecule has 0 aliphatic carbocycles. The summed E-state index contributed by atoms with van der Waals surface area (Å²) in [6.07, 6.45) is -2.03. The molecule has 0 bridgehead atoms. The zero-order valence-corrected chi connectivity index (χ0v) is 6.37. The van der Waals surface area contributed by atoms with Gasteiger partial charge in [0.2, 0.25) is 0 Å². The van der Waals surface area contributed by atoms with E-state index < -0.39 is 29.3 Å². The highest BCUT2D eigenvalue weighted by Crippen LogP contribution is 2.18. The van der Waals surface area contributed by atoms with Crippen LogP contribution >= 0.6 is 0 Å². The van der Waals surface area contributed by atoms with E-state index in [1.807, 2.05) is 0 Å². The van der Waals surface area contributed by atoms with E-state index in [2.05, 4.69) is 0 Å². The summed E-state index contributed by atoms with van der Waals surface area (Å²) in [5.41, 5.74) is -0.576. The number of halogens is 2. The van der Waals surface area contributed by atoms with Gasteiger partial charge in [-0.2, -0.15) is 0 Å². The molecule has 0 amide bonds. The van der Waals surface area contributed by atoms with Crippen molar-refractivity contribution in [1.29, 1.82) is 0 Å². The van der Waals surface area contributed by atoms with Crippen molar-refractivity contribution in [2.45, 2.75) is 6.10 Å². The largest absolute Gasteiger partial charge is 0.479 e. The third-order valence-corrected chi connectivity index (χ3v) is 1.49. The normalized spacial score (nSPS) is 12.5. The van der Waals surface area contributed by atoms with Crippen molar-refractivity contribution in [2.24, 2.45) is 0 Å². The number of carboxylic acid groups (broad SMARTS) is 1. The highest BCUT2D eigenvalue weighted by Gasteiger charge is 2.20. The molecule has 0 aromatic heterocycles. The molecule has 0 aliphatic rings. The quantitative estimate of drug-likeness (QED) is 0.730. The minimum Gasteiger partial charge on any atom is -0.479 e. The van der Waals surface area contributed by atoms with Gasteiger partial charge in [0, 0.05) is 5.56 Å². The van der Waals surface area contributed by atoms with E-state index in [4.69, 9.17) is 10.2 Å². The summed E-state index contributed by atoms with van der Waals surface area (Å²) in [6.45, 7) is 0. The standard InChI is InChI=1S/C8H6F2O3/c9-4-1-2-6(10)5(3-4)7(11)8(12)13/h1-3,7,11H,(H,12,13)/t7-/m1/s1. The van der Waals surface area contributed by atoms with Gasteiger partial charge in [-0.3, -0.25) is 0 Å². The number of benzene rings is 1. The number of carbonyl (C=O) groups is 1. The van der Waals surface area contributed by atoms with Crippen LogP contribution in [0, 0.1) is 11.6 Å². The molecular weight excluding hydrogens is 182 g/mol. The van der Waals surface area contributed by atoms with Gasteiger partial charge in [-0.1, -0.05) is 0 Å². The van der Waals surface area contributed by atoms with E-state index >= 15 is 0 Å². The highest BCUT2D eigenvalue weighted by atomic mass is 19.1. The first kappa shape index (κ1) is 9.60. The summed E-state index contributed by atoms with van der Waals surface area (Å²) < 4.78 is 25.3. The van der Waals surface area contributed by atoms with Crippen molar-refractivity contribution in [2.75, 3.05) is 0 Å². The fourth-order valence-corrected chi connectivity index (χ4v) is 0.857. The van der Waals surface area contributed by atoms with Crippen molar-refractivity contribution >= 4 is 5.97 Å². The fourth-order valence-electron chi connectivity index (χ4n) is 0.857. The Balaban J connectivity index is 3.12. The lowest BCUT2D eigenvalue weighted by Gasteiger charge is -2.06. The summed E-state index contributed by atoms with van der Waals surface area (Å²) in [4.78, 5) is 10.2. The van der Waals surface area contributed by atoms with E-state index in [1.165, 1.54) is 0 Å². The third kappa shape index (κ3) is 2.00. The molecule has 0 fully saturated rings. The highest BCUT2D eigenvalue weighted by molar-refractivity contribution is 5.74. The van der Waals surface area contributed by atoms with E-state index in [-0.39, 0.29) is 0 Å². The second-order valence-electron chi connectivity index (χ2n) is 2.41. The van der Waals surface area contributed by atoms with Crippen LogP contribution in [0.5, 0.6) is 0 Å². The zero-order chi connectivity index (χ0) is 10.0. The first-order chi connectivity index (χ1) is 6.02. The molecule has 2 N–H and O–H groups in total. The molecule has 1 rings (SSSR count). The van der Waals surface area contributed by atoms with Crippen LogP contribution in [0.3, 0.4) is 0 Å². The first-order valence-corrected chi connectivity index (χ1v) is 3.38. The number of hydrogen-bond acceptors (Lipinski definition) is 2. The monoisotopic (exact) mass is 188 g/mol. The Morgan fingerprint density at radius 3 is 2.54 bits per heavy atom. The van der Waals surface area contributed by atoms with Gasteiger partial charge in [-0.05, 0) is 18.2 Å². The van der Waals surface area contributed by atoms with Crippen LogP contribution < -0.4 is 0 Å². The van der Waals surface area contributed by atoms with Crippen LogP contribution in [0.25, 0.3) is 0 Å². The molecule has 0 heterocycles. The summed E-state index contributed by atoms with van der Waals surface area (Å²) >= 11 is 0. The maximum atomic E-state index is 12.8. The lowest BCUT2D eigenvalue weighted by atomic mass is 10.1. The molecule has 1 atom stereocenters. The molecule has 3 nitrogen and oxygen atoms in total. The van der Waals surface area contributed by atoms with Crippen LogP contribution in [0.2, 0.25) is 0 Å². The topological polar surface area (TPSA) is 57.5 Å². The maximum absolute atomic E-state index is 12.8. The molecule has 0 radical (unpaired) electrons. The number of hydrogen-bond donors (Lipinski definition) is 2. The van der Waals surface area contributed by atoms with Gasteiger partial charge in [0.15, 0.2) is 6.10 Å². The van der Waals surface area contributed by atoms with Crippen molar-refractivity contribution in [3.8, 4) is 0 Å². The fraction of sp³-hybridized carbons (Fsp3) is 0.125. The second-order valence-corrected chi connectivity index (χ2v) is 2.41. The summed E-state index contributed by atoms with van der Waals surface area (Å²) in [6, 6.07) is 2.25. The lowest BCUT2D eigenvalue weighted by Crippen LogP contribution is -2.12. The molecule has 0 saturated heterocycles. The van der Waals surface area contributed by atoms with E-state index in [0.29, 0.717) is 6.07 Å². The summed E-state index contributed by atoms with van der Waals surface area (Å²) in [5.74, 6) is -3.36. The molecular formula is C8H6F2O3. The average Bonchev–Trinajstić information content (AvgIpc) is 2.08. The summed E-state index contributed by atoms with van der Waals surface area (Å²) in [7, 11) is 0. The van der Waals surface area contributed by atoms with Crippen molar-refractivity contribution in [1.82, 2.24) is 0 Å². The Morgan fingerprint density at radius 1 is 1.38 bits per heavy atom. The summed E-state index contributed by atoms with van der Waals surface area (Å²) in [5, 5.41) is 17.2. The molecule has 0 unspecified atom stereocenters. The van der Waals surface area contributed by atoms with Crippen LogP contribution in [0.1, 0.15) is 11.7 Å². The van der Waals surface area contributed by atoms with Gasteiger partial charge in [-0.25, -0.2) is 13.6 Å². The Kier molecular flexibility index (Phi) is 2.57. The average molecular weight is 188 g/mol. The number of carboxylic acids is 1. The lowest BCUT2D eigenvalue weighted by molar-refractivity contribution is -0.147. The predicted molar refractivity (Wildman–Crippen MR) is 39.0 cm³/mol. The Hall–Kier alpha value is -1.49. The predicted octanol–water partition coefficient (Wildman–Crippen LogP) is 1.08. The molecule has 5 heteroatoms. The van der Waals surface area contributed by atoms with E-state index in [1.54, 1.807) is 0 Å². The minimum absolute atomic E-state index is 0.576. The Morgan fingerprint density at radius 2 is 2.00 bits per heavy atom. The molecule has 0 saturated carbocycles. The van der Waals surface area contributed by atoms with Gasteiger partial charge in [0.1, 0.15) is 11.6 Å². The van der Waals surface area contributed by atoms with Crippen LogP contribution in [-0.4, -0.2) is 16.2 Å². The van der Waals surface area contributed by atoms with Crippen molar-refractivity contribution in [3.05, 3.63) is 35.4 Å². The smallest absolute Gasteiger partial charge is 0.337 e. The first-order valence-electron chi connectivity index (χ1n) is 3.38. The SMILES string of the molecule is O=C(O)[C@H](O)c1cc(F)ccc1F. The van der Waals surface area contributed by atoms with E-state index in [0.717, 1.165) is 12.1 Å². The number of rotatable bonds is 2. The van der Waals surface area contributed by atoms with Crippen LogP contribution in [0.4, 0.5) is 8.78 Å². The molecule has 13 heavy (non-hydrogen) atoms. The van der Waals surface area contributed by atoms with E-state index in [9.17, 15) is 13.6 Å². The molecule has 0 spiro atoms. The number of aliphatic hydroxyl groups excluding tert-OH is 1. The molecule has 1 aromatic rings. The van der Waals surface area contributed by atoms with Gasteiger partial charge >= 0.3 is 5.97 Å². The third-order valence-electron chi connectivity index (χ3n) is 1.49. The van der Waals surface area contributed by atoms with Gasteiger partial charge < -0.3 is 10.2 Å². The Bertz CT molecular complexity index is 338. The molecule has 70 valence electrons. The molecule has 0 aliphatic heterocycles. The molecule has 1 aromatic carbocycles. The second kappa shape index (κ2) is 3.49.